The predicted octanol–water partition coefficient (Wildman–Crippen LogP) is 1.63. The number of sulfonamides is 1. The van der Waals surface area contributed by atoms with Gasteiger partial charge in [-0.25, -0.2) is 8.42 Å². The van der Waals surface area contributed by atoms with Crippen LogP contribution in [-0.2, 0) is 14.8 Å². The number of rotatable bonds is 8. The molecule has 2 N–H and O–H groups in total. The molecule has 0 saturated carbocycles. The molecule has 1 aromatic rings. The van der Waals surface area contributed by atoms with Crippen molar-refractivity contribution in [2.45, 2.75) is 20.3 Å². The maximum absolute atomic E-state index is 12.3. The lowest BCUT2D eigenvalue weighted by molar-refractivity contribution is -0.141. The van der Waals surface area contributed by atoms with Crippen LogP contribution in [0.4, 0.5) is 5.69 Å². The third-order valence-electron chi connectivity index (χ3n) is 3.17. The molecule has 23 heavy (non-hydrogen) atoms. The predicted molar refractivity (Wildman–Crippen MR) is 87.9 cm³/mol. The van der Waals surface area contributed by atoms with E-state index < -0.39 is 21.9 Å². The van der Waals surface area contributed by atoms with Crippen molar-refractivity contribution in [3.63, 3.8) is 0 Å². The van der Waals surface area contributed by atoms with Crippen LogP contribution in [0.3, 0.4) is 0 Å². The number of carboxylic acids is 1. The van der Waals surface area contributed by atoms with Gasteiger partial charge in [0.1, 0.15) is 0 Å². The molecule has 0 fully saturated rings. The Hall–Kier alpha value is -2.09. The van der Waals surface area contributed by atoms with Crippen LogP contribution < -0.4 is 4.72 Å². The number of nitrogens with one attached hydrogen (secondary N) is 1. The number of hydrogen-bond donors (Lipinski definition) is 2. The Labute approximate surface area is 136 Å². The van der Waals surface area contributed by atoms with Crippen LogP contribution in [0.25, 0.3) is 0 Å². The van der Waals surface area contributed by atoms with E-state index in [-0.39, 0.29) is 18.2 Å². The third-order valence-corrected chi connectivity index (χ3v) is 4.66. The highest BCUT2D eigenvalue weighted by atomic mass is 32.2. The van der Waals surface area contributed by atoms with Crippen molar-refractivity contribution in [1.29, 1.82) is 0 Å². The van der Waals surface area contributed by atoms with Crippen LogP contribution in [0.15, 0.2) is 24.3 Å². The average Bonchev–Trinajstić information content (AvgIpc) is 2.45. The SMILES string of the molecule is CCCS(=O)(=O)Nc1cccc(C(=O)N(C)CC(C)C(=O)O)c1. The van der Waals surface area contributed by atoms with Crippen molar-refractivity contribution in [1.82, 2.24) is 4.90 Å². The minimum Gasteiger partial charge on any atom is -0.481 e. The molecular formula is C15H22N2O5S. The number of hydrogen-bond acceptors (Lipinski definition) is 4. The molecule has 0 heterocycles. The lowest BCUT2D eigenvalue weighted by Crippen LogP contribution is -2.33. The molecule has 128 valence electrons. The zero-order valence-corrected chi connectivity index (χ0v) is 14.3. The van der Waals surface area contributed by atoms with E-state index in [1.807, 2.05) is 0 Å². The van der Waals surface area contributed by atoms with E-state index in [9.17, 15) is 18.0 Å². The van der Waals surface area contributed by atoms with Crippen molar-refractivity contribution in [2.24, 2.45) is 5.92 Å². The molecule has 0 aromatic heterocycles. The zero-order chi connectivity index (χ0) is 17.6. The summed E-state index contributed by atoms with van der Waals surface area (Å²) in [4.78, 5) is 24.5. The largest absolute Gasteiger partial charge is 0.481 e. The van der Waals surface area contributed by atoms with Gasteiger partial charge in [-0.2, -0.15) is 0 Å². The van der Waals surface area contributed by atoms with Gasteiger partial charge in [0.2, 0.25) is 10.0 Å². The molecule has 7 nitrogen and oxygen atoms in total. The lowest BCUT2D eigenvalue weighted by Gasteiger charge is -2.20. The van der Waals surface area contributed by atoms with E-state index in [1.54, 1.807) is 25.1 Å². The Balaban J connectivity index is 2.87. The van der Waals surface area contributed by atoms with Gasteiger partial charge in [0.25, 0.3) is 5.91 Å². The number of benzene rings is 1. The molecule has 8 heteroatoms. The molecule has 1 aromatic carbocycles. The van der Waals surface area contributed by atoms with E-state index in [2.05, 4.69) is 4.72 Å². The first-order valence-electron chi connectivity index (χ1n) is 7.25. The number of carboxylic acid groups (broad SMARTS) is 1. The molecule has 0 aliphatic heterocycles. The number of carbonyl (C=O) groups is 2. The molecule has 1 atom stereocenters. The van der Waals surface area contributed by atoms with Gasteiger partial charge in [-0.3, -0.25) is 14.3 Å². The summed E-state index contributed by atoms with van der Waals surface area (Å²) in [6, 6.07) is 6.13. The van der Waals surface area contributed by atoms with Gasteiger partial charge in [0, 0.05) is 24.8 Å². The second kappa shape index (κ2) is 7.96. The van der Waals surface area contributed by atoms with Crippen molar-refractivity contribution in [2.75, 3.05) is 24.1 Å². The number of aliphatic carboxylic acids is 1. The summed E-state index contributed by atoms with van der Waals surface area (Å²) in [6.07, 6.45) is 0.490. The fourth-order valence-corrected chi connectivity index (χ4v) is 3.13. The van der Waals surface area contributed by atoms with Gasteiger partial charge in [-0.1, -0.05) is 19.9 Å². The molecule has 1 unspecified atom stereocenters. The van der Waals surface area contributed by atoms with Crippen LogP contribution in [0.2, 0.25) is 0 Å². The highest BCUT2D eigenvalue weighted by molar-refractivity contribution is 7.92. The van der Waals surface area contributed by atoms with Crippen molar-refractivity contribution >= 4 is 27.6 Å². The number of carbonyl (C=O) groups excluding carboxylic acids is 1. The van der Waals surface area contributed by atoms with E-state index in [1.165, 1.54) is 24.9 Å². The fraction of sp³-hybridized carbons (Fsp3) is 0.467. The van der Waals surface area contributed by atoms with Gasteiger partial charge in [-0.15, -0.1) is 0 Å². The fourth-order valence-electron chi connectivity index (χ4n) is 2.01. The molecule has 0 saturated heterocycles. The molecule has 0 aliphatic carbocycles. The summed E-state index contributed by atoms with van der Waals surface area (Å²) in [5.41, 5.74) is 0.603. The maximum atomic E-state index is 12.3. The van der Waals surface area contributed by atoms with Crippen LogP contribution >= 0.6 is 0 Å². The van der Waals surface area contributed by atoms with E-state index in [0.29, 0.717) is 17.7 Å². The van der Waals surface area contributed by atoms with Gasteiger partial charge >= 0.3 is 5.97 Å². The quantitative estimate of drug-likeness (QED) is 0.747. The number of anilines is 1. The highest BCUT2D eigenvalue weighted by Crippen LogP contribution is 2.15. The van der Waals surface area contributed by atoms with Gasteiger partial charge in [0.15, 0.2) is 0 Å². The minimum atomic E-state index is -3.43. The third kappa shape index (κ3) is 5.90. The number of nitrogens with zero attached hydrogens (tertiary/aromatic N) is 1. The van der Waals surface area contributed by atoms with Crippen LogP contribution in [-0.4, -0.2) is 49.6 Å². The van der Waals surface area contributed by atoms with Crippen LogP contribution in [0.5, 0.6) is 0 Å². The Morgan fingerprint density at radius 3 is 2.57 bits per heavy atom. The monoisotopic (exact) mass is 342 g/mol. The summed E-state index contributed by atoms with van der Waals surface area (Å²) in [7, 11) is -1.92. The smallest absolute Gasteiger partial charge is 0.308 e. The minimum absolute atomic E-state index is 0.00119. The molecular weight excluding hydrogens is 320 g/mol. The molecule has 0 spiro atoms. The van der Waals surface area contributed by atoms with Gasteiger partial charge in [0.05, 0.1) is 11.7 Å². The van der Waals surface area contributed by atoms with Crippen molar-refractivity contribution in [3.05, 3.63) is 29.8 Å². The first-order chi connectivity index (χ1) is 10.7. The standard InChI is InChI=1S/C15H22N2O5S/c1-4-8-23(21,22)16-13-7-5-6-12(9-13)14(18)17(3)10-11(2)15(19)20/h5-7,9,11,16H,4,8,10H2,1-3H3,(H,19,20). The average molecular weight is 342 g/mol. The summed E-state index contributed by atoms with van der Waals surface area (Å²) < 4.78 is 25.9. The van der Waals surface area contributed by atoms with Crippen LogP contribution in [0.1, 0.15) is 30.6 Å². The normalized spacial score (nSPS) is 12.5. The highest BCUT2D eigenvalue weighted by Gasteiger charge is 2.19. The van der Waals surface area contributed by atoms with Gasteiger partial charge < -0.3 is 10.0 Å². The Bertz CT molecular complexity index is 672. The van der Waals surface area contributed by atoms with E-state index in [0.717, 1.165) is 0 Å². The van der Waals surface area contributed by atoms with Crippen molar-refractivity contribution in [3.8, 4) is 0 Å². The van der Waals surface area contributed by atoms with E-state index in [4.69, 9.17) is 5.11 Å². The zero-order valence-electron chi connectivity index (χ0n) is 13.4. The first-order valence-corrected chi connectivity index (χ1v) is 8.90. The molecule has 0 bridgehead atoms. The number of amides is 1. The second-order valence-corrected chi connectivity index (χ2v) is 7.27. The topological polar surface area (TPSA) is 104 Å². The summed E-state index contributed by atoms with van der Waals surface area (Å²) >= 11 is 0. The van der Waals surface area contributed by atoms with Gasteiger partial charge in [-0.05, 0) is 24.6 Å². The summed E-state index contributed by atoms with van der Waals surface area (Å²) in [5, 5.41) is 8.89. The molecule has 1 amide bonds. The van der Waals surface area contributed by atoms with E-state index >= 15 is 0 Å². The Morgan fingerprint density at radius 1 is 1.35 bits per heavy atom. The van der Waals surface area contributed by atoms with Crippen molar-refractivity contribution < 1.29 is 23.1 Å². The van der Waals surface area contributed by atoms with Crippen LogP contribution in [0, 0.1) is 5.92 Å². The lowest BCUT2D eigenvalue weighted by atomic mass is 10.1. The first kappa shape index (κ1) is 19.0. The summed E-state index contributed by atoms with van der Waals surface area (Å²) in [5.74, 6) is -2.03. The Morgan fingerprint density at radius 2 is 2.00 bits per heavy atom. The molecule has 1 rings (SSSR count). The molecule has 0 radical (unpaired) electrons. The molecule has 0 aliphatic rings. The maximum Gasteiger partial charge on any atom is 0.308 e. The Kier molecular flexibility index (Phi) is 6.56. The second-order valence-electron chi connectivity index (χ2n) is 5.43. The summed E-state index contributed by atoms with van der Waals surface area (Å²) in [6.45, 7) is 3.35.